The lowest BCUT2D eigenvalue weighted by Crippen LogP contribution is -2.50. The molecule has 3 rings (SSSR count). The maximum absolute atomic E-state index is 12.0. The summed E-state index contributed by atoms with van der Waals surface area (Å²) in [6.07, 6.45) is 0.956. The predicted octanol–water partition coefficient (Wildman–Crippen LogP) is 2.16. The van der Waals surface area contributed by atoms with Gasteiger partial charge in [-0.3, -0.25) is 19.7 Å². The molecule has 1 atom stereocenters. The number of rotatable bonds is 7. The van der Waals surface area contributed by atoms with Gasteiger partial charge >= 0.3 is 0 Å². The first kappa shape index (κ1) is 19.2. The summed E-state index contributed by atoms with van der Waals surface area (Å²) in [7, 11) is 0. The van der Waals surface area contributed by atoms with Crippen molar-refractivity contribution < 1.29 is 4.79 Å². The number of aromatic nitrogens is 3. The van der Waals surface area contributed by atoms with E-state index in [1.807, 2.05) is 29.1 Å². The first-order chi connectivity index (χ1) is 12.5. The maximum atomic E-state index is 12.0. The molecule has 1 aliphatic rings. The molecule has 0 bridgehead atoms. The van der Waals surface area contributed by atoms with Crippen LogP contribution in [0.15, 0.2) is 17.5 Å². The van der Waals surface area contributed by atoms with Crippen molar-refractivity contribution in [1.29, 1.82) is 0 Å². The summed E-state index contributed by atoms with van der Waals surface area (Å²) in [5.74, 6) is 0.939. The Kier molecular flexibility index (Phi) is 6.58. The topological polar surface area (TPSA) is 69.2 Å². The van der Waals surface area contributed by atoms with Crippen molar-refractivity contribution in [2.75, 3.05) is 32.7 Å². The van der Waals surface area contributed by atoms with E-state index < -0.39 is 0 Å². The van der Waals surface area contributed by atoms with Gasteiger partial charge in [-0.25, -0.2) is 4.68 Å². The summed E-state index contributed by atoms with van der Waals surface area (Å²) in [6, 6.07) is 4.28. The highest BCUT2D eigenvalue weighted by molar-refractivity contribution is 7.71. The van der Waals surface area contributed by atoms with E-state index in [1.54, 1.807) is 11.3 Å². The minimum Gasteiger partial charge on any atom is -0.353 e. The van der Waals surface area contributed by atoms with Crippen LogP contribution < -0.4 is 5.32 Å². The van der Waals surface area contributed by atoms with Gasteiger partial charge in [-0.1, -0.05) is 13.0 Å². The van der Waals surface area contributed by atoms with Gasteiger partial charge in [0, 0.05) is 32.2 Å². The second-order valence-electron chi connectivity index (χ2n) is 6.67. The number of amides is 1. The van der Waals surface area contributed by atoms with E-state index in [9.17, 15) is 4.79 Å². The monoisotopic (exact) mass is 394 g/mol. The van der Waals surface area contributed by atoms with Crippen LogP contribution in [0.3, 0.4) is 0 Å². The number of thiophene rings is 1. The Hall–Kier alpha value is -1.55. The number of nitrogens with one attached hydrogen (secondary N) is 2. The standard InChI is InChI=1S/C17H26N6OS2/c1-3-13(2)18-15(24)11-21-6-8-22(9-7-21)12-23-17(25)19-16(20-23)14-5-4-10-26-14/h4-5,10,13H,3,6-9,11-12H2,1-2H3,(H,18,24)(H,19,20,25)/t13-/m1/s1. The van der Waals surface area contributed by atoms with Gasteiger partial charge in [-0.15, -0.1) is 11.3 Å². The average Bonchev–Trinajstić information content (AvgIpc) is 3.27. The summed E-state index contributed by atoms with van der Waals surface area (Å²) in [5, 5.41) is 8.35. The molecule has 142 valence electrons. The quantitative estimate of drug-likeness (QED) is 0.705. The largest absolute Gasteiger partial charge is 0.353 e. The van der Waals surface area contributed by atoms with Gasteiger partial charge in [-0.05, 0) is 37.0 Å². The molecule has 0 saturated carbocycles. The molecule has 1 aliphatic heterocycles. The van der Waals surface area contributed by atoms with Crippen molar-refractivity contribution in [3.63, 3.8) is 0 Å². The lowest BCUT2D eigenvalue weighted by molar-refractivity contribution is -0.123. The molecule has 0 radical (unpaired) electrons. The molecule has 0 unspecified atom stereocenters. The molecule has 2 aromatic heterocycles. The first-order valence-electron chi connectivity index (χ1n) is 9.00. The molecule has 2 N–H and O–H groups in total. The minimum atomic E-state index is 0.115. The molecule has 1 saturated heterocycles. The third-order valence-corrected chi connectivity index (χ3v) is 5.82. The molecule has 1 amide bonds. The normalized spacial score (nSPS) is 17.3. The fourth-order valence-corrected chi connectivity index (χ4v) is 3.75. The van der Waals surface area contributed by atoms with Crippen molar-refractivity contribution in [3.05, 3.63) is 22.3 Å². The first-order valence-corrected chi connectivity index (χ1v) is 10.3. The van der Waals surface area contributed by atoms with Crippen LogP contribution in [0, 0.1) is 4.77 Å². The van der Waals surface area contributed by atoms with Crippen molar-refractivity contribution >= 4 is 29.5 Å². The molecule has 2 aromatic rings. The van der Waals surface area contributed by atoms with E-state index >= 15 is 0 Å². The van der Waals surface area contributed by atoms with E-state index in [2.05, 4.69) is 32.1 Å². The number of carbonyl (C=O) groups excluding carboxylic acids is 1. The Morgan fingerprint density at radius 1 is 1.38 bits per heavy atom. The number of hydrogen-bond donors (Lipinski definition) is 2. The molecule has 0 aliphatic carbocycles. The zero-order chi connectivity index (χ0) is 18.5. The van der Waals surface area contributed by atoms with Gasteiger partial charge in [-0.2, -0.15) is 4.98 Å². The molecule has 0 aromatic carbocycles. The van der Waals surface area contributed by atoms with Crippen molar-refractivity contribution in [2.45, 2.75) is 33.0 Å². The number of H-pyrrole nitrogens is 1. The molecule has 26 heavy (non-hydrogen) atoms. The smallest absolute Gasteiger partial charge is 0.234 e. The van der Waals surface area contributed by atoms with Gasteiger partial charge < -0.3 is 5.32 Å². The van der Waals surface area contributed by atoms with Crippen LogP contribution in [0.1, 0.15) is 20.3 Å². The number of aromatic amines is 1. The fourth-order valence-electron chi connectivity index (χ4n) is 2.89. The van der Waals surface area contributed by atoms with Crippen LogP contribution >= 0.6 is 23.6 Å². The number of nitrogens with zero attached hydrogens (tertiary/aromatic N) is 4. The Bertz CT molecular complexity index is 761. The number of piperazine rings is 1. The molecular weight excluding hydrogens is 368 g/mol. The Morgan fingerprint density at radius 3 is 2.77 bits per heavy atom. The van der Waals surface area contributed by atoms with Crippen LogP contribution in [0.25, 0.3) is 10.7 Å². The highest BCUT2D eigenvalue weighted by atomic mass is 32.1. The van der Waals surface area contributed by atoms with Crippen LogP contribution in [0.4, 0.5) is 0 Å². The van der Waals surface area contributed by atoms with Crippen LogP contribution in [-0.4, -0.2) is 69.2 Å². The highest BCUT2D eigenvalue weighted by Gasteiger charge is 2.20. The minimum absolute atomic E-state index is 0.115. The summed E-state index contributed by atoms with van der Waals surface area (Å²) in [5.41, 5.74) is 0. The molecular formula is C17H26N6OS2. The number of carbonyl (C=O) groups is 1. The van der Waals surface area contributed by atoms with Gasteiger partial charge in [0.05, 0.1) is 18.1 Å². The molecule has 7 nitrogen and oxygen atoms in total. The lowest BCUT2D eigenvalue weighted by Gasteiger charge is -2.34. The van der Waals surface area contributed by atoms with Gasteiger partial charge in [0.15, 0.2) is 5.82 Å². The molecule has 0 spiro atoms. The third kappa shape index (κ3) is 5.00. The third-order valence-electron chi connectivity index (χ3n) is 4.63. The van der Waals surface area contributed by atoms with E-state index in [0.29, 0.717) is 18.0 Å². The van der Waals surface area contributed by atoms with E-state index in [1.165, 1.54) is 0 Å². The van der Waals surface area contributed by atoms with Crippen LogP contribution in [0.2, 0.25) is 0 Å². The molecule has 9 heteroatoms. The van der Waals surface area contributed by atoms with Gasteiger partial charge in [0.1, 0.15) is 0 Å². The zero-order valence-corrected chi connectivity index (χ0v) is 16.9. The van der Waals surface area contributed by atoms with Crippen molar-refractivity contribution in [3.8, 4) is 10.7 Å². The van der Waals surface area contributed by atoms with Gasteiger partial charge in [0.25, 0.3) is 0 Å². The zero-order valence-electron chi connectivity index (χ0n) is 15.3. The SMILES string of the molecule is CC[C@@H](C)NC(=O)CN1CCN(Cn2[nH]c(-c3cccs3)nc2=S)CC1. The molecule has 1 fully saturated rings. The van der Waals surface area contributed by atoms with E-state index in [0.717, 1.165) is 43.3 Å². The maximum Gasteiger partial charge on any atom is 0.234 e. The average molecular weight is 395 g/mol. The summed E-state index contributed by atoms with van der Waals surface area (Å²) in [4.78, 5) is 22.1. The Morgan fingerprint density at radius 2 is 2.12 bits per heavy atom. The summed E-state index contributed by atoms with van der Waals surface area (Å²) >= 11 is 7.03. The van der Waals surface area contributed by atoms with Crippen molar-refractivity contribution in [2.24, 2.45) is 0 Å². The summed E-state index contributed by atoms with van der Waals surface area (Å²) in [6.45, 7) is 8.87. The van der Waals surface area contributed by atoms with Gasteiger partial charge in [0.2, 0.25) is 10.7 Å². The second-order valence-corrected chi connectivity index (χ2v) is 7.99. The molecule has 3 heterocycles. The fraction of sp³-hybridized carbons (Fsp3) is 0.588. The predicted molar refractivity (Wildman–Crippen MR) is 107 cm³/mol. The highest BCUT2D eigenvalue weighted by Crippen LogP contribution is 2.20. The summed E-state index contributed by atoms with van der Waals surface area (Å²) < 4.78 is 2.49. The van der Waals surface area contributed by atoms with Crippen molar-refractivity contribution in [1.82, 2.24) is 29.9 Å². The van der Waals surface area contributed by atoms with E-state index in [-0.39, 0.29) is 11.9 Å². The van der Waals surface area contributed by atoms with E-state index in [4.69, 9.17) is 12.2 Å². The number of hydrogen-bond acceptors (Lipinski definition) is 6. The van der Waals surface area contributed by atoms with Crippen LogP contribution in [0.5, 0.6) is 0 Å². The second kappa shape index (κ2) is 8.90. The Labute approximate surface area is 163 Å². The van der Waals surface area contributed by atoms with Crippen LogP contribution in [-0.2, 0) is 11.5 Å². The Balaban J connectivity index is 1.49. The lowest BCUT2D eigenvalue weighted by atomic mass is 10.2.